The summed E-state index contributed by atoms with van der Waals surface area (Å²) in [7, 11) is 0. The van der Waals surface area contributed by atoms with Gasteiger partial charge in [0.05, 0.1) is 25.4 Å². The summed E-state index contributed by atoms with van der Waals surface area (Å²) in [5.74, 6) is -0.127. The zero-order valence-electron chi connectivity index (χ0n) is 39.9. The van der Waals surface area contributed by atoms with Crippen LogP contribution in [0.3, 0.4) is 0 Å². The maximum absolute atomic E-state index is 12.4. The molecule has 0 heterocycles. The monoisotopic (exact) mass is 844 g/mol. The fourth-order valence-electron chi connectivity index (χ4n) is 7.80. The summed E-state index contributed by atoms with van der Waals surface area (Å²) in [5, 5.41) is 23.1. The number of aliphatic hydroxyl groups is 2. The number of allylic oxidation sites excluding steroid dienone is 5. The normalized spacial score (nSPS) is 12.9. The molecule has 0 aromatic heterocycles. The Labute approximate surface area is 373 Å². The molecule has 0 saturated heterocycles. The van der Waals surface area contributed by atoms with Gasteiger partial charge in [-0.3, -0.25) is 9.59 Å². The van der Waals surface area contributed by atoms with Crippen molar-refractivity contribution in [1.82, 2.24) is 5.32 Å². The molecule has 6 nitrogen and oxygen atoms in total. The Kier molecular flexibility index (Phi) is 48.1. The summed E-state index contributed by atoms with van der Waals surface area (Å²) < 4.78 is 5.44. The summed E-state index contributed by atoms with van der Waals surface area (Å²) in [4.78, 5) is 24.5. The third kappa shape index (κ3) is 45.6. The molecular formula is C54H101NO5. The molecule has 0 aromatic carbocycles. The molecule has 0 aliphatic rings. The lowest BCUT2D eigenvalue weighted by molar-refractivity contribution is -0.143. The van der Waals surface area contributed by atoms with Crippen molar-refractivity contribution in [2.24, 2.45) is 0 Å². The number of amides is 1. The van der Waals surface area contributed by atoms with E-state index in [4.69, 9.17) is 4.74 Å². The van der Waals surface area contributed by atoms with Crippen molar-refractivity contribution in [3.05, 3.63) is 36.5 Å². The van der Waals surface area contributed by atoms with E-state index in [2.05, 4.69) is 43.5 Å². The Morgan fingerprint density at radius 3 is 1.18 bits per heavy atom. The maximum Gasteiger partial charge on any atom is 0.305 e. The van der Waals surface area contributed by atoms with Crippen LogP contribution < -0.4 is 5.32 Å². The van der Waals surface area contributed by atoms with E-state index in [0.717, 1.165) is 83.5 Å². The number of nitrogens with one attached hydrogen (secondary N) is 1. The minimum absolute atomic E-state index is 0.0327. The van der Waals surface area contributed by atoms with E-state index in [1.807, 2.05) is 6.08 Å². The van der Waals surface area contributed by atoms with Crippen LogP contribution in [0.15, 0.2) is 36.5 Å². The second-order valence-electron chi connectivity index (χ2n) is 17.8. The van der Waals surface area contributed by atoms with E-state index in [-0.39, 0.29) is 18.5 Å². The van der Waals surface area contributed by atoms with Gasteiger partial charge in [-0.2, -0.15) is 0 Å². The van der Waals surface area contributed by atoms with E-state index < -0.39 is 12.1 Å². The molecule has 2 atom stereocenters. The van der Waals surface area contributed by atoms with Gasteiger partial charge in [0.15, 0.2) is 0 Å². The second-order valence-corrected chi connectivity index (χ2v) is 17.8. The van der Waals surface area contributed by atoms with Gasteiger partial charge in [-0.15, -0.1) is 0 Å². The number of carbonyl (C=O) groups excluding carboxylic acids is 2. The third-order valence-electron chi connectivity index (χ3n) is 11.9. The first kappa shape index (κ1) is 58.1. The van der Waals surface area contributed by atoms with Crippen molar-refractivity contribution < 1.29 is 24.5 Å². The zero-order valence-corrected chi connectivity index (χ0v) is 39.9. The van der Waals surface area contributed by atoms with Crippen LogP contribution in [0.4, 0.5) is 0 Å². The fraction of sp³-hybridized carbons (Fsp3) is 0.852. The highest BCUT2D eigenvalue weighted by molar-refractivity contribution is 5.76. The fourth-order valence-corrected chi connectivity index (χ4v) is 7.80. The lowest BCUT2D eigenvalue weighted by Gasteiger charge is -2.20. The number of rotatable bonds is 48. The van der Waals surface area contributed by atoms with Crippen LogP contribution in [0.5, 0.6) is 0 Å². The van der Waals surface area contributed by atoms with Crippen molar-refractivity contribution in [1.29, 1.82) is 0 Å². The van der Waals surface area contributed by atoms with Gasteiger partial charge in [-0.1, -0.05) is 204 Å². The summed E-state index contributed by atoms with van der Waals surface area (Å²) >= 11 is 0. The Balaban J connectivity index is 3.55. The SMILES string of the molecule is CCCCCCCC/C=C\CCCCCCCC(=O)OCCCCC/C=C\CCCCCCCC(=O)NC(CO)C(O)/C=C/CCCCCCCCCCCCCCCC. The molecule has 0 fully saturated rings. The van der Waals surface area contributed by atoms with Crippen molar-refractivity contribution in [2.75, 3.05) is 13.2 Å². The van der Waals surface area contributed by atoms with Crippen molar-refractivity contribution in [3.8, 4) is 0 Å². The molecule has 0 aliphatic heterocycles. The van der Waals surface area contributed by atoms with E-state index >= 15 is 0 Å². The molecule has 60 heavy (non-hydrogen) atoms. The van der Waals surface area contributed by atoms with Crippen LogP contribution in [0, 0.1) is 0 Å². The number of hydrogen-bond acceptors (Lipinski definition) is 5. The lowest BCUT2D eigenvalue weighted by Crippen LogP contribution is -2.45. The van der Waals surface area contributed by atoms with Gasteiger partial charge in [0.25, 0.3) is 0 Å². The summed E-state index contributed by atoms with van der Waals surface area (Å²) in [5.41, 5.74) is 0. The molecule has 0 bridgehead atoms. The topological polar surface area (TPSA) is 95.9 Å². The molecule has 0 aromatic rings. The third-order valence-corrected chi connectivity index (χ3v) is 11.9. The molecule has 0 rings (SSSR count). The molecule has 0 radical (unpaired) electrons. The van der Waals surface area contributed by atoms with Crippen LogP contribution in [0.2, 0.25) is 0 Å². The average Bonchev–Trinajstić information content (AvgIpc) is 3.25. The van der Waals surface area contributed by atoms with Crippen LogP contribution in [0.1, 0.15) is 271 Å². The van der Waals surface area contributed by atoms with Crippen LogP contribution >= 0.6 is 0 Å². The number of unbranched alkanes of at least 4 members (excludes halogenated alkanes) is 33. The molecule has 0 spiro atoms. The van der Waals surface area contributed by atoms with E-state index in [9.17, 15) is 19.8 Å². The zero-order chi connectivity index (χ0) is 43.7. The minimum Gasteiger partial charge on any atom is -0.466 e. The predicted molar refractivity (Wildman–Crippen MR) is 259 cm³/mol. The average molecular weight is 844 g/mol. The summed E-state index contributed by atoms with van der Waals surface area (Å²) in [6, 6.07) is -0.647. The minimum atomic E-state index is -0.861. The highest BCUT2D eigenvalue weighted by Gasteiger charge is 2.18. The van der Waals surface area contributed by atoms with Gasteiger partial charge in [-0.25, -0.2) is 0 Å². The van der Waals surface area contributed by atoms with Gasteiger partial charge in [0.2, 0.25) is 5.91 Å². The first-order valence-electron chi connectivity index (χ1n) is 26.3. The van der Waals surface area contributed by atoms with Gasteiger partial charge < -0.3 is 20.3 Å². The molecule has 3 N–H and O–H groups in total. The quantitative estimate of drug-likeness (QED) is 0.0322. The maximum atomic E-state index is 12.4. The smallest absolute Gasteiger partial charge is 0.305 e. The largest absolute Gasteiger partial charge is 0.466 e. The van der Waals surface area contributed by atoms with Crippen molar-refractivity contribution >= 4 is 11.9 Å². The summed E-state index contributed by atoms with van der Waals surface area (Å²) in [6.45, 7) is 4.83. The molecule has 0 aliphatic carbocycles. The molecule has 1 amide bonds. The second kappa shape index (κ2) is 49.7. The number of ether oxygens (including phenoxy) is 1. The van der Waals surface area contributed by atoms with Crippen LogP contribution in [-0.4, -0.2) is 47.4 Å². The summed E-state index contributed by atoms with van der Waals surface area (Å²) in [6.07, 6.45) is 60.0. The van der Waals surface area contributed by atoms with E-state index in [1.165, 1.54) is 161 Å². The molecule has 2 unspecified atom stereocenters. The van der Waals surface area contributed by atoms with Crippen molar-refractivity contribution in [2.45, 2.75) is 283 Å². The highest BCUT2D eigenvalue weighted by atomic mass is 16.5. The van der Waals surface area contributed by atoms with Crippen molar-refractivity contribution in [3.63, 3.8) is 0 Å². The van der Waals surface area contributed by atoms with Gasteiger partial charge >= 0.3 is 5.97 Å². The first-order valence-corrected chi connectivity index (χ1v) is 26.3. The molecular weight excluding hydrogens is 743 g/mol. The highest BCUT2D eigenvalue weighted by Crippen LogP contribution is 2.15. The molecule has 352 valence electrons. The Bertz CT molecular complexity index is 977. The predicted octanol–water partition coefficient (Wildman–Crippen LogP) is 15.7. The Morgan fingerprint density at radius 2 is 0.783 bits per heavy atom. The number of carbonyl (C=O) groups is 2. The van der Waals surface area contributed by atoms with Gasteiger partial charge in [0, 0.05) is 12.8 Å². The lowest BCUT2D eigenvalue weighted by atomic mass is 10.0. The van der Waals surface area contributed by atoms with E-state index in [0.29, 0.717) is 19.4 Å². The first-order chi connectivity index (χ1) is 29.5. The number of aliphatic hydroxyl groups excluding tert-OH is 2. The van der Waals surface area contributed by atoms with E-state index in [1.54, 1.807) is 6.08 Å². The standard InChI is InChI=1S/C54H101NO5/c1-3-5-7-9-11-13-15-17-19-21-22-26-30-34-38-42-46-52(57)51(50-56)55-53(58)47-43-39-35-31-27-24-25-29-33-37-41-45-49-60-54(59)48-44-40-36-32-28-23-20-18-16-14-12-10-8-6-4-2/h18,20,25,29,42,46,51-52,56-57H,3-17,19,21-24,26-28,30-41,43-45,47-50H2,1-2H3,(H,55,58)/b20-18-,29-25-,46-42+. The molecule has 0 saturated carbocycles. The van der Waals surface area contributed by atoms with Crippen LogP contribution in [0.25, 0.3) is 0 Å². The Morgan fingerprint density at radius 1 is 0.450 bits per heavy atom. The van der Waals surface area contributed by atoms with Gasteiger partial charge in [0.1, 0.15) is 0 Å². The number of esters is 1. The molecule has 6 heteroatoms. The number of hydrogen-bond donors (Lipinski definition) is 3. The van der Waals surface area contributed by atoms with Crippen LogP contribution in [-0.2, 0) is 14.3 Å². The Hall–Kier alpha value is -1.92. The van der Waals surface area contributed by atoms with Gasteiger partial charge in [-0.05, 0) is 89.9 Å².